The molecule has 202 valence electrons. The average Bonchev–Trinajstić information content (AvgIpc) is 2.93. The summed E-state index contributed by atoms with van der Waals surface area (Å²) in [5, 5.41) is 15.0. The van der Waals surface area contributed by atoms with E-state index in [9.17, 15) is 23.1 Å². The molecule has 3 aromatic carbocycles. The molecule has 0 aliphatic carbocycles. The first-order chi connectivity index (χ1) is 18.7. The monoisotopic (exact) mass is 533 g/mol. The number of rotatable bonds is 6. The van der Waals surface area contributed by atoms with Crippen molar-refractivity contribution in [2.45, 2.75) is 44.4 Å². The summed E-state index contributed by atoms with van der Waals surface area (Å²) in [5.74, 6) is -0.101. The molecule has 1 saturated heterocycles. The van der Waals surface area contributed by atoms with Crippen LogP contribution in [0.4, 0.5) is 24.5 Å². The molecule has 1 aliphatic heterocycles. The van der Waals surface area contributed by atoms with Gasteiger partial charge in [-0.25, -0.2) is 0 Å². The molecule has 5 nitrogen and oxygen atoms in total. The largest absolute Gasteiger partial charge is 0.416 e. The van der Waals surface area contributed by atoms with Gasteiger partial charge in [0.25, 0.3) is 5.91 Å². The maximum Gasteiger partial charge on any atom is 0.416 e. The van der Waals surface area contributed by atoms with Crippen LogP contribution in [0.25, 0.3) is 10.9 Å². The Labute approximate surface area is 225 Å². The molecule has 0 bridgehead atoms. The number of pyridine rings is 1. The average molecular weight is 534 g/mol. The van der Waals surface area contributed by atoms with Crippen LogP contribution in [-0.4, -0.2) is 34.0 Å². The smallest absolute Gasteiger partial charge is 0.385 e. The van der Waals surface area contributed by atoms with Crippen LogP contribution < -0.4 is 5.32 Å². The number of aliphatic hydroxyl groups is 1. The molecular weight excluding hydrogens is 503 g/mol. The number of nitrogens with zero attached hydrogens (tertiary/aromatic N) is 2. The van der Waals surface area contributed by atoms with E-state index in [4.69, 9.17) is 0 Å². The van der Waals surface area contributed by atoms with Gasteiger partial charge in [-0.15, -0.1) is 0 Å². The molecule has 0 radical (unpaired) electrons. The molecule has 1 aromatic heterocycles. The number of nitrogens with one attached hydrogen (secondary N) is 1. The van der Waals surface area contributed by atoms with Crippen molar-refractivity contribution in [1.29, 1.82) is 0 Å². The third kappa shape index (κ3) is 5.76. The Balaban J connectivity index is 1.23. The van der Waals surface area contributed by atoms with E-state index in [1.807, 2.05) is 12.1 Å². The molecule has 1 fully saturated rings. The summed E-state index contributed by atoms with van der Waals surface area (Å²) in [6.07, 6.45) is 0.0451. The number of fused-ring (bicyclic) bond motifs is 1. The number of aryl methyl sites for hydroxylation is 1. The van der Waals surface area contributed by atoms with E-state index >= 15 is 0 Å². The summed E-state index contributed by atoms with van der Waals surface area (Å²) < 4.78 is 39.2. The van der Waals surface area contributed by atoms with Crippen molar-refractivity contribution in [3.63, 3.8) is 0 Å². The fraction of sp³-hybridized carbons (Fsp3) is 0.290. The van der Waals surface area contributed by atoms with Crippen molar-refractivity contribution < 1.29 is 23.1 Å². The van der Waals surface area contributed by atoms with E-state index in [1.165, 1.54) is 17.8 Å². The van der Waals surface area contributed by atoms with Gasteiger partial charge < -0.3 is 15.3 Å². The maximum absolute atomic E-state index is 13.1. The van der Waals surface area contributed by atoms with Crippen molar-refractivity contribution in [3.8, 4) is 0 Å². The lowest BCUT2D eigenvalue weighted by Gasteiger charge is -2.38. The van der Waals surface area contributed by atoms with E-state index < -0.39 is 17.3 Å². The van der Waals surface area contributed by atoms with Crippen LogP contribution in [0, 0.1) is 0 Å². The van der Waals surface area contributed by atoms with E-state index in [0.29, 0.717) is 48.3 Å². The van der Waals surface area contributed by atoms with Crippen molar-refractivity contribution >= 4 is 28.2 Å². The summed E-state index contributed by atoms with van der Waals surface area (Å²) in [7, 11) is 0. The molecule has 0 unspecified atom stereocenters. The standard InChI is InChI=1S/C31H30F3N3O2/c1-2-3-21-4-8-23(9-5-21)30(39)15-18-37(19-16-30)29(38)22-6-11-25(12-7-22)36-27-14-17-35-28-20-24(31(32,33)34)10-13-26(27)28/h4-14,17,20,39H,2-3,15-16,18-19H2,1H3,(H,35,36). The number of carbonyl (C=O) groups is 1. The number of aromatic nitrogens is 1. The minimum atomic E-state index is -4.44. The molecule has 1 amide bonds. The van der Waals surface area contributed by atoms with Gasteiger partial charge in [0.05, 0.1) is 16.7 Å². The molecule has 8 heteroatoms. The van der Waals surface area contributed by atoms with Gasteiger partial charge in [-0.1, -0.05) is 43.7 Å². The van der Waals surface area contributed by atoms with Crippen LogP contribution in [-0.2, 0) is 18.2 Å². The zero-order chi connectivity index (χ0) is 27.6. The number of likely N-dealkylation sites (tertiary alicyclic amines) is 1. The van der Waals surface area contributed by atoms with Crippen LogP contribution in [0.1, 0.15) is 53.2 Å². The zero-order valence-electron chi connectivity index (χ0n) is 21.6. The topological polar surface area (TPSA) is 65.5 Å². The first-order valence-electron chi connectivity index (χ1n) is 13.1. The number of amides is 1. The highest BCUT2D eigenvalue weighted by atomic mass is 19.4. The lowest BCUT2D eigenvalue weighted by Crippen LogP contribution is -2.45. The molecule has 39 heavy (non-hydrogen) atoms. The second kappa shape index (κ2) is 10.7. The fourth-order valence-corrected chi connectivity index (χ4v) is 5.11. The Hall–Kier alpha value is -3.91. The SMILES string of the molecule is CCCc1ccc(C2(O)CCN(C(=O)c3ccc(Nc4ccnc5cc(C(F)(F)F)ccc45)cc3)CC2)cc1. The van der Waals surface area contributed by atoms with E-state index in [0.717, 1.165) is 30.5 Å². The van der Waals surface area contributed by atoms with E-state index in [-0.39, 0.29) is 11.4 Å². The van der Waals surface area contributed by atoms with Crippen molar-refractivity contribution in [2.75, 3.05) is 18.4 Å². The van der Waals surface area contributed by atoms with Gasteiger partial charge in [-0.05, 0) is 72.9 Å². The van der Waals surface area contributed by atoms with Gasteiger partial charge in [-0.2, -0.15) is 13.2 Å². The Morgan fingerprint density at radius 2 is 1.69 bits per heavy atom. The summed E-state index contributed by atoms with van der Waals surface area (Å²) in [6.45, 7) is 3.05. The molecule has 0 spiro atoms. The van der Waals surface area contributed by atoms with Crippen LogP contribution in [0.15, 0.2) is 79.0 Å². The number of hydrogen-bond acceptors (Lipinski definition) is 4. The first-order valence-corrected chi connectivity index (χ1v) is 13.1. The second-order valence-corrected chi connectivity index (χ2v) is 10.1. The summed E-state index contributed by atoms with van der Waals surface area (Å²) in [6, 6.07) is 20.3. The highest BCUT2D eigenvalue weighted by Gasteiger charge is 2.35. The number of carbonyl (C=O) groups excluding carboxylic acids is 1. The number of benzene rings is 3. The minimum absolute atomic E-state index is 0.101. The normalized spacial score (nSPS) is 15.4. The molecule has 1 aliphatic rings. The maximum atomic E-state index is 13.1. The molecule has 0 saturated carbocycles. The lowest BCUT2D eigenvalue weighted by molar-refractivity contribution is -0.137. The van der Waals surface area contributed by atoms with E-state index in [2.05, 4.69) is 29.4 Å². The predicted octanol–water partition coefficient (Wildman–Crippen LogP) is 7.07. The summed E-state index contributed by atoms with van der Waals surface area (Å²) >= 11 is 0. The van der Waals surface area contributed by atoms with Crippen LogP contribution >= 0.6 is 0 Å². The third-order valence-corrected chi connectivity index (χ3v) is 7.39. The second-order valence-electron chi connectivity index (χ2n) is 10.1. The fourth-order valence-electron chi connectivity index (χ4n) is 5.11. The van der Waals surface area contributed by atoms with Gasteiger partial charge in [0.2, 0.25) is 0 Å². The van der Waals surface area contributed by atoms with Crippen LogP contribution in [0.3, 0.4) is 0 Å². The number of halogens is 3. The van der Waals surface area contributed by atoms with Gasteiger partial charge in [-0.3, -0.25) is 9.78 Å². The molecular formula is C31H30F3N3O2. The Kier molecular flexibility index (Phi) is 7.32. The zero-order valence-corrected chi connectivity index (χ0v) is 21.6. The Bertz CT molecular complexity index is 1460. The van der Waals surface area contributed by atoms with Gasteiger partial charge in [0.1, 0.15) is 0 Å². The number of piperidine rings is 1. The summed E-state index contributed by atoms with van der Waals surface area (Å²) in [5.41, 5.74) is 2.54. The van der Waals surface area contributed by atoms with Gasteiger partial charge >= 0.3 is 6.18 Å². The molecule has 4 aromatic rings. The van der Waals surface area contributed by atoms with Crippen molar-refractivity contribution in [1.82, 2.24) is 9.88 Å². The van der Waals surface area contributed by atoms with Gasteiger partial charge in [0.15, 0.2) is 0 Å². The molecule has 0 atom stereocenters. The molecule has 2 N–H and O–H groups in total. The number of anilines is 2. The summed E-state index contributed by atoms with van der Waals surface area (Å²) in [4.78, 5) is 19.0. The quantitative estimate of drug-likeness (QED) is 0.278. The Morgan fingerprint density at radius 3 is 2.33 bits per heavy atom. The molecule has 2 heterocycles. The van der Waals surface area contributed by atoms with E-state index in [1.54, 1.807) is 35.2 Å². The highest BCUT2D eigenvalue weighted by molar-refractivity contribution is 5.96. The number of alkyl halides is 3. The van der Waals surface area contributed by atoms with Crippen LogP contribution in [0.5, 0.6) is 0 Å². The predicted molar refractivity (Wildman–Crippen MR) is 146 cm³/mol. The van der Waals surface area contributed by atoms with Crippen LogP contribution in [0.2, 0.25) is 0 Å². The lowest BCUT2D eigenvalue weighted by atomic mass is 9.84. The van der Waals surface area contributed by atoms with Crippen molar-refractivity contribution in [2.24, 2.45) is 0 Å². The minimum Gasteiger partial charge on any atom is -0.385 e. The Morgan fingerprint density at radius 1 is 1.00 bits per heavy atom. The highest BCUT2D eigenvalue weighted by Crippen LogP contribution is 2.35. The van der Waals surface area contributed by atoms with Gasteiger partial charge in [0, 0.05) is 41.6 Å². The third-order valence-electron chi connectivity index (χ3n) is 7.39. The first kappa shape index (κ1) is 26.7. The molecule has 5 rings (SSSR count). The number of hydrogen-bond donors (Lipinski definition) is 2. The van der Waals surface area contributed by atoms with Crippen molar-refractivity contribution in [3.05, 3.63) is 101 Å².